The van der Waals surface area contributed by atoms with Gasteiger partial charge in [-0.05, 0) is 59.9 Å². The van der Waals surface area contributed by atoms with E-state index in [2.05, 4.69) is 16.6 Å². The Morgan fingerprint density at radius 1 is 1.04 bits per heavy atom. The van der Waals surface area contributed by atoms with Crippen molar-refractivity contribution in [1.82, 2.24) is 5.43 Å². The molecule has 0 spiro atoms. The third-order valence-electron chi connectivity index (χ3n) is 5.24. The second-order valence-electron chi connectivity index (χ2n) is 6.78. The molecule has 6 heteroatoms. The summed E-state index contributed by atoms with van der Waals surface area (Å²) in [6.45, 7) is 0. The predicted octanol–water partition coefficient (Wildman–Crippen LogP) is 3.61. The summed E-state index contributed by atoms with van der Waals surface area (Å²) in [5.74, 6) is 1.47. The average Bonchev–Trinajstić information content (AvgIpc) is 3.27. The van der Waals surface area contributed by atoms with E-state index in [1.165, 1.54) is 5.57 Å². The quantitative estimate of drug-likeness (QED) is 0.770. The molecule has 3 N–H and O–H groups in total. The lowest BCUT2D eigenvalue weighted by Crippen LogP contribution is -2.18. The van der Waals surface area contributed by atoms with Gasteiger partial charge in [0, 0.05) is 5.92 Å². The van der Waals surface area contributed by atoms with Crippen LogP contribution in [-0.2, 0) is 0 Å². The van der Waals surface area contributed by atoms with Crippen LogP contribution in [0, 0.1) is 5.92 Å². The fourth-order valence-corrected chi connectivity index (χ4v) is 3.85. The molecule has 0 bridgehead atoms. The van der Waals surface area contributed by atoms with E-state index in [4.69, 9.17) is 9.47 Å². The van der Waals surface area contributed by atoms with Gasteiger partial charge >= 0.3 is 0 Å². The van der Waals surface area contributed by atoms with Gasteiger partial charge in [-0.2, -0.15) is 5.10 Å². The van der Waals surface area contributed by atoms with Crippen molar-refractivity contribution in [3.8, 4) is 23.0 Å². The lowest BCUT2D eigenvalue weighted by atomic mass is 9.91. The molecule has 2 aromatic carbocycles. The molecule has 2 aliphatic rings. The van der Waals surface area contributed by atoms with Crippen LogP contribution < -0.4 is 14.9 Å². The van der Waals surface area contributed by atoms with E-state index in [1.807, 2.05) is 24.3 Å². The van der Waals surface area contributed by atoms with Crippen LogP contribution in [-0.4, -0.2) is 30.1 Å². The van der Waals surface area contributed by atoms with Gasteiger partial charge in [0.1, 0.15) is 0 Å². The second-order valence-corrected chi connectivity index (χ2v) is 6.78. The topological polar surface area (TPSA) is 83.3 Å². The number of rotatable bonds is 4. The Bertz CT molecular complexity index is 936. The first-order chi connectivity index (χ1) is 13.1. The number of fused-ring (bicyclic) bond motifs is 1. The number of hydrazone groups is 1. The third-order valence-corrected chi connectivity index (χ3v) is 5.24. The molecule has 1 aliphatic heterocycles. The maximum absolute atomic E-state index is 9.82. The van der Waals surface area contributed by atoms with Gasteiger partial charge in [0.15, 0.2) is 23.0 Å². The molecule has 2 atom stereocenters. The van der Waals surface area contributed by atoms with Gasteiger partial charge in [0.2, 0.25) is 0 Å². The summed E-state index contributed by atoms with van der Waals surface area (Å²) in [7, 11) is 3.09. The molecular weight excluding hydrogens is 344 g/mol. The van der Waals surface area contributed by atoms with Crippen LogP contribution in [0.5, 0.6) is 23.0 Å². The lowest BCUT2D eigenvalue weighted by Gasteiger charge is -2.17. The van der Waals surface area contributed by atoms with Crippen LogP contribution in [0.1, 0.15) is 30.0 Å². The number of hydrogen-bond acceptors (Lipinski definition) is 6. The molecule has 0 amide bonds. The van der Waals surface area contributed by atoms with Gasteiger partial charge in [0.05, 0.1) is 26.0 Å². The average molecular weight is 366 g/mol. The van der Waals surface area contributed by atoms with Crippen molar-refractivity contribution < 1.29 is 19.7 Å². The van der Waals surface area contributed by atoms with E-state index < -0.39 is 0 Å². The Morgan fingerprint density at radius 3 is 2.48 bits per heavy atom. The van der Waals surface area contributed by atoms with Crippen molar-refractivity contribution in [3.63, 3.8) is 0 Å². The first-order valence-electron chi connectivity index (χ1n) is 8.88. The number of allylic oxidation sites excluding steroid dienone is 1. The Balaban J connectivity index is 1.58. The number of phenols is 2. The van der Waals surface area contributed by atoms with E-state index in [-0.39, 0.29) is 23.5 Å². The first-order valence-corrected chi connectivity index (χ1v) is 8.88. The molecule has 140 valence electrons. The minimum atomic E-state index is 0.0646. The Morgan fingerprint density at radius 2 is 1.74 bits per heavy atom. The van der Waals surface area contributed by atoms with Crippen molar-refractivity contribution >= 4 is 11.8 Å². The SMILES string of the molecule is COc1cc(/C=C2/CCC3C2=NNC3c2ccc(O)c(OC)c2)ccc1O. The summed E-state index contributed by atoms with van der Waals surface area (Å²) < 4.78 is 10.4. The molecule has 27 heavy (non-hydrogen) atoms. The number of phenolic OH excluding ortho intramolecular Hbond substituents is 2. The van der Waals surface area contributed by atoms with E-state index in [9.17, 15) is 10.2 Å². The zero-order valence-corrected chi connectivity index (χ0v) is 15.3. The highest BCUT2D eigenvalue weighted by atomic mass is 16.5. The van der Waals surface area contributed by atoms with Crippen molar-refractivity contribution in [1.29, 1.82) is 0 Å². The third kappa shape index (κ3) is 3.07. The van der Waals surface area contributed by atoms with Gasteiger partial charge in [-0.15, -0.1) is 0 Å². The highest BCUT2D eigenvalue weighted by Crippen LogP contribution is 2.42. The largest absolute Gasteiger partial charge is 0.504 e. The van der Waals surface area contributed by atoms with Crippen molar-refractivity contribution in [2.45, 2.75) is 18.9 Å². The van der Waals surface area contributed by atoms with Crippen LogP contribution in [0.25, 0.3) is 6.08 Å². The Labute approximate surface area is 157 Å². The number of nitrogens with one attached hydrogen (secondary N) is 1. The molecule has 2 unspecified atom stereocenters. The number of benzene rings is 2. The highest BCUT2D eigenvalue weighted by Gasteiger charge is 2.39. The van der Waals surface area contributed by atoms with Crippen LogP contribution >= 0.6 is 0 Å². The van der Waals surface area contributed by atoms with E-state index in [0.29, 0.717) is 11.5 Å². The fraction of sp³-hybridized carbons (Fsp3) is 0.286. The van der Waals surface area contributed by atoms with Crippen LogP contribution in [0.4, 0.5) is 0 Å². The molecule has 0 saturated heterocycles. The molecule has 1 saturated carbocycles. The minimum absolute atomic E-state index is 0.0646. The Kier molecular flexibility index (Phi) is 4.39. The van der Waals surface area contributed by atoms with Gasteiger partial charge < -0.3 is 25.1 Å². The van der Waals surface area contributed by atoms with Gasteiger partial charge in [-0.3, -0.25) is 0 Å². The van der Waals surface area contributed by atoms with Crippen LogP contribution in [0.3, 0.4) is 0 Å². The minimum Gasteiger partial charge on any atom is -0.504 e. The summed E-state index contributed by atoms with van der Waals surface area (Å²) >= 11 is 0. The number of ether oxygens (including phenoxy) is 2. The normalized spacial score (nSPS) is 22.3. The number of aromatic hydroxyl groups is 2. The molecule has 1 heterocycles. The maximum atomic E-state index is 9.82. The molecule has 6 nitrogen and oxygen atoms in total. The van der Waals surface area contributed by atoms with Crippen molar-refractivity contribution in [2.75, 3.05) is 14.2 Å². The molecule has 0 aromatic heterocycles. The zero-order valence-electron chi connectivity index (χ0n) is 15.3. The molecular formula is C21H22N2O4. The predicted molar refractivity (Wildman–Crippen MR) is 103 cm³/mol. The first kappa shape index (κ1) is 17.3. The fourth-order valence-electron chi connectivity index (χ4n) is 3.85. The molecule has 1 fully saturated rings. The van der Waals surface area contributed by atoms with Gasteiger partial charge in [-0.1, -0.05) is 12.1 Å². The number of nitrogens with zero attached hydrogens (tertiary/aromatic N) is 1. The summed E-state index contributed by atoms with van der Waals surface area (Å²) in [4.78, 5) is 0. The van der Waals surface area contributed by atoms with Crippen molar-refractivity contribution in [3.05, 3.63) is 53.1 Å². The Hall–Kier alpha value is -3.15. The van der Waals surface area contributed by atoms with Crippen molar-refractivity contribution in [2.24, 2.45) is 11.0 Å². The number of methoxy groups -OCH3 is 2. The van der Waals surface area contributed by atoms with Gasteiger partial charge in [0.25, 0.3) is 0 Å². The lowest BCUT2D eigenvalue weighted by molar-refractivity contribution is 0.371. The molecule has 4 rings (SSSR count). The standard InChI is InChI=1S/C21H22N2O4/c1-26-18-10-12(3-7-16(18)24)9-13-4-6-15-20(13)22-23-21(15)14-5-8-17(25)19(11-14)27-2/h3,5,7-11,15,21,23-25H,4,6H2,1-2H3/b13-9-. The second kappa shape index (κ2) is 6.87. The summed E-state index contributed by atoms with van der Waals surface area (Å²) in [5.41, 5.74) is 7.51. The van der Waals surface area contributed by atoms with Crippen LogP contribution in [0.2, 0.25) is 0 Å². The van der Waals surface area contributed by atoms with E-state index in [0.717, 1.165) is 29.7 Å². The maximum Gasteiger partial charge on any atom is 0.161 e. The molecule has 1 aliphatic carbocycles. The summed E-state index contributed by atoms with van der Waals surface area (Å²) in [5, 5.41) is 24.2. The van der Waals surface area contributed by atoms with Crippen LogP contribution in [0.15, 0.2) is 47.1 Å². The summed E-state index contributed by atoms with van der Waals surface area (Å²) in [6, 6.07) is 10.8. The highest BCUT2D eigenvalue weighted by molar-refractivity contribution is 6.08. The van der Waals surface area contributed by atoms with E-state index in [1.54, 1.807) is 26.4 Å². The number of hydrogen-bond donors (Lipinski definition) is 3. The summed E-state index contributed by atoms with van der Waals surface area (Å²) in [6.07, 6.45) is 4.04. The molecule has 2 aromatic rings. The zero-order chi connectivity index (χ0) is 19.0. The molecule has 0 radical (unpaired) electrons. The van der Waals surface area contributed by atoms with E-state index >= 15 is 0 Å². The monoisotopic (exact) mass is 366 g/mol. The van der Waals surface area contributed by atoms with Gasteiger partial charge in [-0.25, -0.2) is 0 Å². The smallest absolute Gasteiger partial charge is 0.161 e.